The van der Waals surface area contributed by atoms with E-state index in [4.69, 9.17) is 0 Å². The average Bonchev–Trinajstić information content (AvgIpc) is 2.95. The zero-order valence-corrected chi connectivity index (χ0v) is 11.5. The standard InChI is InChI=1S/C14H11F3N4O/c1-2-21-12(20-11-10(13(21)22)18-7-19-11)8-5-3-4-6-9(8)14(15,16)17/h3-7H,2H2,1H3,(H,18,19). The van der Waals surface area contributed by atoms with E-state index in [1.54, 1.807) is 6.92 Å². The second-order valence-corrected chi connectivity index (χ2v) is 4.63. The van der Waals surface area contributed by atoms with Crippen LogP contribution in [0.2, 0.25) is 0 Å². The molecule has 2 heterocycles. The van der Waals surface area contributed by atoms with E-state index in [0.29, 0.717) is 0 Å². The number of benzene rings is 1. The zero-order valence-electron chi connectivity index (χ0n) is 11.5. The lowest BCUT2D eigenvalue weighted by molar-refractivity contribution is -0.137. The van der Waals surface area contributed by atoms with Crippen LogP contribution in [0.5, 0.6) is 0 Å². The highest BCUT2D eigenvalue weighted by atomic mass is 19.4. The van der Waals surface area contributed by atoms with Gasteiger partial charge >= 0.3 is 6.18 Å². The average molecular weight is 308 g/mol. The monoisotopic (exact) mass is 308 g/mol. The van der Waals surface area contributed by atoms with Crippen molar-refractivity contribution in [2.45, 2.75) is 19.6 Å². The lowest BCUT2D eigenvalue weighted by Crippen LogP contribution is -2.23. The first-order chi connectivity index (χ1) is 10.4. The Bertz CT molecular complexity index is 895. The van der Waals surface area contributed by atoms with Crippen LogP contribution in [0.15, 0.2) is 35.4 Å². The molecule has 0 aliphatic heterocycles. The van der Waals surface area contributed by atoms with Crippen molar-refractivity contribution in [1.82, 2.24) is 19.5 Å². The Labute approximate surface area is 122 Å². The van der Waals surface area contributed by atoms with Crippen molar-refractivity contribution in [1.29, 1.82) is 0 Å². The maximum Gasteiger partial charge on any atom is 0.417 e. The number of hydrogen-bond donors (Lipinski definition) is 1. The Morgan fingerprint density at radius 1 is 1.27 bits per heavy atom. The molecule has 0 bridgehead atoms. The molecule has 0 spiro atoms. The molecule has 0 fully saturated rings. The van der Waals surface area contributed by atoms with Gasteiger partial charge in [-0.15, -0.1) is 0 Å². The number of alkyl halides is 3. The van der Waals surface area contributed by atoms with Crippen LogP contribution < -0.4 is 5.56 Å². The number of nitrogens with zero attached hydrogens (tertiary/aromatic N) is 3. The fourth-order valence-electron chi connectivity index (χ4n) is 2.35. The van der Waals surface area contributed by atoms with Gasteiger partial charge < -0.3 is 4.98 Å². The van der Waals surface area contributed by atoms with Gasteiger partial charge in [-0.2, -0.15) is 13.2 Å². The molecule has 0 unspecified atom stereocenters. The van der Waals surface area contributed by atoms with E-state index in [-0.39, 0.29) is 29.1 Å². The summed E-state index contributed by atoms with van der Waals surface area (Å²) in [5, 5.41) is 0. The van der Waals surface area contributed by atoms with E-state index in [9.17, 15) is 18.0 Å². The third-order valence-corrected chi connectivity index (χ3v) is 3.34. The van der Waals surface area contributed by atoms with Crippen molar-refractivity contribution >= 4 is 11.2 Å². The van der Waals surface area contributed by atoms with Crippen LogP contribution in [0, 0.1) is 0 Å². The summed E-state index contributed by atoms with van der Waals surface area (Å²) in [5.41, 5.74) is -1.15. The quantitative estimate of drug-likeness (QED) is 0.792. The molecule has 8 heteroatoms. The molecule has 0 radical (unpaired) electrons. The molecule has 2 aromatic heterocycles. The summed E-state index contributed by atoms with van der Waals surface area (Å²) >= 11 is 0. The van der Waals surface area contributed by atoms with Crippen LogP contribution in [0.1, 0.15) is 12.5 Å². The third-order valence-electron chi connectivity index (χ3n) is 3.34. The Balaban J connectivity index is 2.38. The first kappa shape index (κ1) is 14.3. The van der Waals surface area contributed by atoms with E-state index in [0.717, 1.165) is 6.07 Å². The molecule has 5 nitrogen and oxygen atoms in total. The summed E-state index contributed by atoms with van der Waals surface area (Å²) in [7, 11) is 0. The molecule has 3 aromatic rings. The SMILES string of the molecule is CCn1c(-c2ccccc2C(F)(F)F)nc2nc[nH]c2c1=O. The van der Waals surface area contributed by atoms with Gasteiger partial charge in [0.05, 0.1) is 11.9 Å². The Morgan fingerprint density at radius 2 is 2.00 bits per heavy atom. The normalized spacial score (nSPS) is 12.0. The summed E-state index contributed by atoms with van der Waals surface area (Å²) in [6.45, 7) is 1.87. The van der Waals surface area contributed by atoms with Gasteiger partial charge in [0.1, 0.15) is 5.82 Å². The van der Waals surface area contributed by atoms with E-state index < -0.39 is 17.3 Å². The molecule has 0 aliphatic rings. The van der Waals surface area contributed by atoms with Crippen LogP contribution in [-0.2, 0) is 12.7 Å². The van der Waals surface area contributed by atoms with Crippen LogP contribution >= 0.6 is 0 Å². The topological polar surface area (TPSA) is 63.6 Å². The summed E-state index contributed by atoms with van der Waals surface area (Å²) in [5.74, 6) is -0.0416. The minimum Gasteiger partial charge on any atom is -0.339 e. The zero-order chi connectivity index (χ0) is 15.9. The molecule has 0 aliphatic carbocycles. The third kappa shape index (κ3) is 2.16. The second kappa shape index (κ2) is 4.97. The molecule has 22 heavy (non-hydrogen) atoms. The number of imidazole rings is 1. The molecular formula is C14H11F3N4O. The van der Waals surface area contributed by atoms with Crippen molar-refractivity contribution in [3.63, 3.8) is 0 Å². The predicted molar refractivity (Wildman–Crippen MR) is 74.3 cm³/mol. The van der Waals surface area contributed by atoms with E-state index in [2.05, 4.69) is 15.0 Å². The number of rotatable bonds is 2. The fraction of sp³-hybridized carbons (Fsp3) is 0.214. The number of H-pyrrole nitrogens is 1. The lowest BCUT2D eigenvalue weighted by atomic mass is 10.1. The summed E-state index contributed by atoms with van der Waals surface area (Å²) in [6, 6.07) is 5.05. The van der Waals surface area contributed by atoms with Gasteiger partial charge in [0.25, 0.3) is 5.56 Å². The minimum absolute atomic E-state index is 0.0416. The van der Waals surface area contributed by atoms with Crippen LogP contribution in [0.3, 0.4) is 0 Å². The van der Waals surface area contributed by atoms with Gasteiger partial charge in [0.15, 0.2) is 11.2 Å². The second-order valence-electron chi connectivity index (χ2n) is 4.63. The molecule has 1 N–H and O–H groups in total. The fourth-order valence-corrected chi connectivity index (χ4v) is 2.35. The number of halogens is 3. The lowest BCUT2D eigenvalue weighted by Gasteiger charge is -2.15. The van der Waals surface area contributed by atoms with E-state index >= 15 is 0 Å². The first-order valence-electron chi connectivity index (χ1n) is 6.54. The van der Waals surface area contributed by atoms with Gasteiger partial charge in [-0.05, 0) is 13.0 Å². The van der Waals surface area contributed by atoms with Crippen molar-refractivity contribution < 1.29 is 13.2 Å². The highest BCUT2D eigenvalue weighted by molar-refractivity contribution is 5.73. The minimum atomic E-state index is -4.53. The highest BCUT2D eigenvalue weighted by Crippen LogP contribution is 2.36. The van der Waals surface area contributed by atoms with Gasteiger partial charge in [0.2, 0.25) is 0 Å². The van der Waals surface area contributed by atoms with E-state index in [1.807, 2.05) is 0 Å². The number of hydrogen-bond acceptors (Lipinski definition) is 3. The molecule has 0 amide bonds. The maximum atomic E-state index is 13.2. The van der Waals surface area contributed by atoms with Crippen LogP contribution in [-0.4, -0.2) is 19.5 Å². The molecule has 0 saturated carbocycles. The number of aromatic nitrogens is 4. The molecule has 0 atom stereocenters. The number of fused-ring (bicyclic) bond motifs is 1. The van der Waals surface area contributed by atoms with Gasteiger partial charge in [-0.1, -0.05) is 18.2 Å². The molecule has 0 saturated heterocycles. The Morgan fingerprint density at radius 3 is 2.68 bits per heavy atom. The Hall–Kier alpha value is -2.64. The Kier molecular flexibility index (Phi) is 3.23. The molecule has 114 valence electrons. The molecular weight excluding hydrogens is 297 g/mol. The summed E-state index contributed by atoms with van der Waals surface area (Å²) in [4.78, 5) is 23.0. The first-order valence-corrected chi connectivity index (χ1v) is 6.54. The van der Waals surface area contributed by atoms with Gasteiger partial charge in [-0.25, -0.2) is 9.97 Å². The van der Waals surface area contributed by atoms with Crippen molar-refractivity contribution in [3.05, 3.63) is 46.5 Å². The predicted octanol–water partition coefficient (Wildman–Crippen LogP) is 2.83. The van der Waals surface area contributed by atoms with Gasteiger partial charge in [0, 0.05) is 12.1 Å². The largest absolute Gasteiger partial charge is 0.417 e. The van der Waals surface area contributed by atoms with Crippen molar-refractivity contribution in [3.8, 4) is 11.4 Å². The number of aromatic amines is 1. The van der Waals surface area contributed by atoms with Crippen molar-refractivity contribution in [2.75, 3.05) is 0 Å². The summed E-state index contributed by atoms with van der Waals surface area (Å²) in [6.07, 6.45) is -3.24. The molecule has 1 aromatic carbocycles. The summed E-state index contributed by atoms with van der Waals surface area (Å²) < 4.78 is 40.8. The number of nitrogens with one attached hydrogen (secondary N) is 1. The highest BCUT2D eigenvalue weighted by Gasteiger charge is 2.34. The smallest absolute Gasteiger partial charge is 0.339 e. The van der Waals surface area contributed by atoms with Crippen LogP contribution in [0.4, 0.5) is 13.2 Å². The van der Waals surface area contributed by atoms with Crippen molar-refractivity contribution in [2.24, 2.45) is 0 Å². The van der Waals surface area contributed by atoms with E-state index in [1.165, 1.54) is 29.1 Å². The van der Waals surface area contributed by atoms with Gasteiger partial charge in [-0.3, -0.25) is 9.36 Å². The maximum absolute atomic E-state index is 13.2. The van der Waals surface area contributed by atoms with Crippen LogP contribution in [0.25, 0.3) is 22.6 Å². The molecule has 3 rings (SSSR count).